The van der Waals surface area contributed by atoms with E-state index in [0.717, 1.165) is 32.1 Å². The summed E-state index contributed by atoms with van der Waals surface area (Å²) in [6.07, 6.45) is 7.48. The van der Waals surface area contributed by atoms with E-state index in [-0.39, 0.29) is 5.78 Å². The summed E-state index contributed by atoms with van der Waals surface area (Å²) in [7, 11) is 0. The number of hydrogen-bond donors (Lipinski definition) is 1. The molecule has 0 aromatic rings. The number of aliphatic imine (C=N–C) groups is 1. The molecule has 3 heteroatoms. The van der Waals surface area contributed by atoms with Gasteiger partial charge in [-0.2, -0.15) is 0 Å². The minimum atomic E-state index is -0.728. The lowest BCUT2D eigenvalue weighted by Crippen LogP contribution is -2.52. The van der Waals surface area contributed by atoms with Crippen molar-refractivity contribution in [2.45, 2.75) is 37.6 Å². The molecule has 0 spiro atoms. The van der Waals surface area contributed by atoms with Crippen LogP contribution in [0.5, 0.6) is 0 Å². The molecule has 0 bridgehead atoms. The number of Topliss-reactive ketones (excluding diaryl/α,β-unsaturated/α-hetero) is 1. The van der Waals surface area contributed by atoms with Crippen LogP contribution in [-0.2, 0) is 4.79 Å². The first-order valence-corrected chi connectivity index (χ1v) is 5.29. The average Bonchev–Trinajstić information content (AvgIpc) is 2.26. The highest BCUT2D eigenvalue weighted by Crippen LogP contribution is 2.27. The van der Waals surface area contributed by atoms with Crippen molar-refractivity contribution in [1.82, 2.24) is 0 Å². The second-order valence-electron chi connectivity index (χ2n) is 3.95. The Balaban J connectivity index is 2.85. The van der Waals surface area contributed by atoms with Crippen LogP contribution in [-0.4, -0.2) is 17.0 Å². The van der Waals surface area contributed by atoms with Crippen LogP contribution in [0.15, 0.2) is 30.4 Å². The Morgan fingerprint density at radius 2 is 1.87 bits per heavy atom. The van der Waals surface area contributed by atoms with Crippen molar-refractivity contribution >= 4 is 11.5 Å². The third-order valence-corrected chi connectivity index (χ3v) is 2.85. The van der Waals surface area contributed by atoms with E-state index < -0.39 is 5.54 Å². The van der Waals surface area contributed by atoms with E-state index >= 15 is 0 Å². The fourth-order valence-electron chi connectivity index (χ4n) is 1.97. The van der Waals surface area contributed by atoms with Gasteiger partial charge in [-0.05, 0) is 18.9 Å². The molecule has 0 saturated heterocycles. The lowest BCUT2D eigenvalue weighted by molar-refractivity contribution is -0.118. The molecule has 0 aromatic heterocycles. The van der Waals surface area contributed by atoms with Crippen LogP contribution in [0.25, 0.3) is 0 Å². The molecule has 82 valence electrons. The lowest BCUT2D eigenvalue weighted by atomic mass is 9.78. The van der Waals surface area contributed by atoms with Crippen LogP contribution >= 0.6 is 0 Å². The summed E-state index contributed by atoms with van der Waals surface area (Å²) in [6.45, 7) is 7.04. The van der Waals surface area contributed by atoms with E-state index in [0.29, 0.717) is 5.71 Å². The molecule has 0 atom stereocenters. The molecular formula is C12H18N2O. The number of carbonyl (C=O) groups excluding carboxylic acids is 1. The quantitative estimate of drug-likeness (QED) is 0.715. The Bertz CT molecular complexity index is 299. The maximum absolute atomic E-state index is 12.1. The number of hydrogen-bond acceptors (Lipinski definition) is 3. The summed E-state index contributed by atoms with van der Waals surface area (Å²) in [5, 5.41) is 0. The van der Waals surface area contributed by atoms with Gasteiger partial charge in [0.1, 0.15) is 5.71 Å². The molecule has 15 heavy (non-hydrogen) atoms. The summed E-state index contributed by atoms with van der Waals surface area (Å²) in [5.41, 5.74) is 5.70. The summed E-state index contributed by atoms with van der Waals surface area (Å²) >= 11 is 0. The molecule has 2 N–H and O–H groups in total. The number of rotatable bonds is 4. The van der Waals surface area contributed by atoms with Gasteiger partial charge in [0.05, 0.1) is 5.54 Å². The molecule has 0 aliphatic heterocycles. The van der Waals surface area contributed by atoms with Gasteiger partial charge in [-0.3, -0.25) is 9.79 Å². The van der Waals surface area contributed by atoms with E-state index in [1.807, 2.05) is 0 Å². The van der Waals surface area contributed by atoms with Crippen molar-refractivity contribution < 1.29 is 4.79 Å². The molecule has 3 nitrogen and oxygen atoms in total. The second-order valence-corrected chi connectivity index (χ2v) is 3.95. The van der Waals surface area contributed by atoms with Crippen LogP contribution in [0.1, 0.15) is 32.1 Å². The van der Waals surface area contributed by atoms with Crippen molar-refractivity contribution in [3.63, 3.8) is 0 Å². The van der Waals surface area contributed by atoms with Gasteiger partial charge in [0.15, 0.2) is 0 Å². The predicted octanol–water partition coefficient (Wildman–Crippen LogP) is 1.99. The zero-order valence-electron chi connectivity index (χ0n) is 9.04. The van der Waals surface area contributed by atoms with Gasteiger partial charge in [-0.15, -0.1) is 0 Å². The van der Waals surface area contributed by atoms with E-state index in [1.54, 1.807) is 0 Å². The Morgan fingerprint density at radius 3 is 2.33 bits per heavy atom. The molecule has 1 fully saturated rings. The molecule has 1 aliphatic rings. The molecule has 0 amide bonds. The minimum absolute atomic E-state index is 0.0999. The van der Waals surface area contributed by atoms with Crippen molar-refractivity contribution in [3.8, 4) is 0 Å². The Labute approximate surface area is 90.8 Å². The topological polar surface area (TPSA) is 55.5 Å². The molecule has 0 aromatic carbocycles. The van der Waals surface area contributed by atoms with E-state index in [4.69, 9.17) is 5.73 Å². The monoisotopic (exact) mass is 206 g/mol. The molecule has 1 aliphatic carbocycles. The highest BCUT2D eigenvalue weighted by atomic mass is 16.1. The third-order valence-electron chi connectivity index (χ3n) is 2.85. The van der Waals surface area contributed by atoms with Gasteiger partial charge in [0, 0.05) is 6.20 Å². The number of carbonyl (C=O) groups is 1. The SMILES string of the molecule is C=CN=C(C=C)C(=O)C1(N)CCCCC1. The fourth-order valence-corrected chi connectivity index (χ4v) is 1.97. The van der Waals surface area contributed by atoms with Gasteiger partial charge in [-0.1, -0.05) is 32.4 Å². The molecule has 0 radical (unpaired) electrons. The van der Waals surface area contributed by atoms with E-state index in [1.165, 1.54) is 12.3 Å². The zero-order chi connectivity index (χ0) is 11.3. The molecular weight excluding hydrogens is 188 g/mol. The molecule has 0 unspecified atom stereocenters. The summed E-state index contributed by atoms with van der Waals surface area (Å²) in [5.74, 6) is -0.0999. The number of ketones is 1. The van der Waals surface area contributed by atoms with E-state index in [2.05, 4.69) is 18.2 Å². The Kier molecular flexibility index (Phi) is 3.97. The highest BCUT2D eigenvalue weighted by Gasteiger charge is 2.36. The summed E-state index contributed by atoms with van der Waals surface area (Å²) < 4.78 is 0. The lowest BCUT2D eigenvalue weighted by Gasteiger charge is -2.31. The third kappa shape index (κ3) is 2.63. The summed E-state index contributed by atoms with van der Waals surface area (Å²) in [4.78, 5) is 16.0. The minimum Gasteiger partial charge on any atom is -0.319 e. The fraction of sp³-hybridized carbons (Fsp3) is 0.500. The second kappa shape index (κ2) is 5.03. The van der Waals surface area contributed by atoms with Crippen molar-refractivity contribution in [2.75, 3.05) is 0 Å². The number of nitrogens with zero attached hydrogens (tertiary/aromatic N) is 1. The molecule has 1 rings (SSSR count). The first-order chi connectivity index (χ1) is 7.14. The van der Waals surface area contributed by atoms with Crippen LogP contribution in [0.4, 0.5) is 0 Å². The van der Waals surface area contributed by atoms with Gasteiger partial charge < -0.3 is 5.73 Å². The number of nitrogens with two attached hydrogens (primary N) is 1. The van der Waals surface area contributed by atoms with Gasteiger partial charge in [-0.25, -0.2) is 0 Å². The van der Waals surface area contributed by atoms with Gasteiger partial charge in [0.2, 0.25) is 5.78 Å². The first-order valence-electron chi connectivity index (χ1n) is 5.29. The van der Waals surface area contributed by atoms with Gasteiger partial charge >= 0.3 is 0 Å². The zero-order valence-corrected chi connectivity index (χ0v) is 9.04. The standard InChI is InChI=1S/C12H18N2O/c1-3-10(14-4-2)11(15)12(13)8-6-5-7-9-12/h3-4H,1-2,5-9,13H2. The Morgan fingerprint density at radius 1 is 1.27 bits per heavy atom. The molecule has 0 heterocycles. The Hall–Kier alpha value is -1.22. The maximum atomic E-state index is 12.1. The van der Waals surface area contributed by atoms with Crippen molar-refractivity contribution in [3.05, 3.63) is 25.4 Å². The predicted molar refractivity (Wildman–Crippen MR) is 62.8 cm³/mol. The van der Waals surface area contributed by atoms with Crippen LogP contribution < -0.4 is 5.73 Å². The maximum Gasteiger partial charge on any atom is 0.200 e. The molecule has 1 saturated carbocycles. The van der Waals surface area contributed by atoms with Crippen molar-refractivity contribution in [2.24, 2.45) is 10.7 Å². The summed E-state index contributed by atoms with van der Waals surface area (Å²) in [6, 6.07) is 0. The highest BCUT2D eigenvalue weighted by molar-refractivity contribution is 6.47. The van der Waals surface area contributed by atoms with Gasteiger partial charge in [0.25, 0.3) is 0 Å². The van der Waals surface area contributed by atoms with Crippen LogP contribution in [0.2, 0.25) is 0 Å². The smallest absolute Gasteiger partial charge is 0.200 e. The van der Waals surface area contributed by atoms with Crippen LogP contribution in [0, 0.1) is 0 Å². The normalized spacial score (nSPS) is 20.7. The average molecular weight is 206 g/mol. The number of allylic oxidation sites excluding steroid dienone is 1. The largest absolute Gasteiger partial charge is 0.319 e. The first kappa shape index (κ1) is 11.9. The van der Waals surface area contributed by atoms with Crippen LogP contribution in [0.3, 0.4) is 0 Å². The van der Waals surface area contributed by atoms with Crippen molar-refractivity contribution in [1.29, 1.82) is 0 Å². The van der Waals surface area contributed by atoms with E-state index in [9.17, 15) is 4.79 Å².